The minimum absolute atomic E-state index is 0.522. The number of benzene rings is 1. The summed E-state index contributed by atoms with van der Waals surface area (Å²) in [4.78, 5) is 0. The van der Waals surface area contributed by atoms with Crippen LogP contribution in [0.3, 0.4) is 0 Å². The molecule has 1 atom stereocenters. The van der Waals surface area contributed by atoms with E-state index in [1.165, 1.54) is 55.2 Å². The van der Waals surface area contributed by atoms with E-state index in [-0.39, 0.29) is 0 Å². The molecule has 0 bridgehead atoms. The monoisotopic (exact) mass is 273 g/mol. The fourth-order valence-electron chi connectivity index (χ4n) is 3.75. The van der Waals surface area contributed by atoms with Crippen LogP contribution in [-0.4, -0.2) is 6.54 Å². The van der Waals surface area contributed by atoms with Crippen molar-refractivity contribution in [2.75, 3.05) is 6.54 Å². The molecule has 1 aliphatic heterocycles. The maximum atomic E-state index is 5.54. The first-order valence-corrected chi connectivity index (χ1v) is 8.29. The fourth-order valence-corrected chi connectivity index (χ4v) is 3.75. The predicted molar refractivity (Wildman–Crippen MR) is 82.5 cm³/mol. The maximum Gasteiger partial charge on any atom is 0.0725 e. The molecule has 1 unspecified atom stereocenters. The molecule has 0 aromatic heterocycles. The Morgan fingerprint density at radius 2 is 1.95 bits per heavy atom. The normalized spacial score (nSPS) is 20.9. The van der Waals surface area contributed by atoms with E-state index in [0.717, 1.165) is 25.7 Å². The molecule has 0 amide bonds. The third-order valence-corrected chi connectivity index (χ3v) is 4.89. The second-order valence-corrected chi connectivity index (χ2v) is 6.37. The van der Waals surface area contributed by atoms with Gasteiger partial charge in [0.1, 0.15) is 0 Å². The second-order valence-electron chi connectivity index (χ2n) is 6.37. The van der Waals surface area contributed by atoms with Gasteiger partial charge >= 0.3 is 0 Å². The lowest BCUT2D eigenvalue weighted by molar-refractivity contribution is 0.134. The molecule has 110 valence electrons. The molecule has 1 aliphatic carbocycles. The second kappa shape index (κ2) is 6.73. The molecule has 1 saturated carbocycles. The topological polar surface area (TPSA) is 21.3 Å². The van der Waals surface area contributed by atoms with Crippen molar-refractivity contribution >= 4 is 0 Å². The van der Waals surface area contributed by atoms with Crippen molar-refractivity contribution in [3.8, 4) is 0 Å². The summed E-state index contributed by atoms with van der Waals surface area (Å²) >= 11 is 0. The lowest BCUT2D eigenvalue weighted by Crippen LogP contribution is -2.24. The first-order chi connectivity index (χ1) is 9.86. The molecule has 2 aliphatic rings. The molecule has 0 spiro atoms. The van der Waals surface area contributed by atoms with E-state index in [1.807, 2.05) is 0 Å². The first kappa shape index (κ1) is 14.1. The SMILES string of the molecule is CCNC(CC1CCCCC1)c1ccc2c(c1)COC2. The van der Waals surface area contributed by atoms with Gasteiger partial charge in [0, 0.05) is 6.04 Å². The Balaban J connectivity index is 1.72. The molecule has 2 nitrogen and oxygen atoms in total. The van der Waals surface area contributed by atoms with Gasteiger partial charge in [0.15, 0.2) is 0 Å². The fraction of sp³-hybridized carbons (Fsp3) is 0.667. The molecule has 1 N–H and O–H groups in total. The minimum atomic E-state index is 0.522. The summed E-state index contributed by atoms with van der Waals surface area (Å²) in [6.45, 7) is 4.85. The predicted octanol–water partition coefficient (Wildman–Crippen LogP) is 4.34. The summed E-state index contributed by atoms with van der Waals surface area (Å²) in [6, 6.07) is 7.47. The van der Waals surface area contributed by atoms with E-state index >= 15 is 0 Å². The average molecular weight is 273 g/mol. The van der Waals surface area contributed by atoms with E-state index in [2.05, 4.69) is 30.4 Å². The number of hydrogen-bond donors (Lipinski definition) is 1. The molecule has 1 aromatic rings. The van der Waals surface area contributed by atoms with Crippen LogP contribution in [0, 0.1) is 5.92 Å². The van der Waals surface area contributed by atoms with Gasteiger partial charge in [0.2, 0.25) is 0 Å². The van der Waals surface area contributed by atoms with Crippen LogP contribution in [0.1, 0.15) is 68.2 Å². The Bertz CT molecular complexity index is 437. The van der Waals surface area contributed by atoms with Gasteiger partial charge in [-0.15, -0.1) is 0 Å². The lowest BCUT2D eigenvalue weighted by atomic mass is 9.83. The summed E-state index contributed by atoms with van der Waals surface area (Å²) < 4.78 is 5.54. The van der Waals surface area contributed by atoms with Crippen LogP contribution < -0.4 is 5.32 Å². The van der Waals surface area contributed by atoms with E-state index < -0.39 is 0 Å². The number of ether oxygens (including phenoxy) is 1. The molecular weight excluding hydrogens is 246 g/mol. The quantitative estimate of drug-likeness (QED) is 0.861. The van der Waals surface area contributed by atoms with Crippen molar-refractivity contribution in [2.24, 2.45) is 5.92 Å². The Kier molecular flexibility index (Phi) is 4.74. The number of fused-ring (bicyclic) bond motifs is 1. The smallest absolute Gasteiger partial charge is 0.0725 e. The van der Waals surface area contributed by atoms with Gasteiger partial charge < -0.3 is 10.1 Å². The zero-order chi connectivity index (χ0) is 13.8. The number of nitrogens with one attached hydrogen (secondary N) is 1. The van der Waals surface area contributed by atoms with Crippen molar-refractivity contribution in [2.45, 2.75) is 64.7 Å². The number of hydrogen-bond acceptors (Lipinski definition) is 2. The summed E-state index contributed by atoms with van der Waals surface area (Å²) in [5, 5.41) is 3.70. The average Bonchev–Trinajstić information content (AvgIpc) is 2.95. The maximum absolute atomic E-state index is 5.54. The highest BCUT2D eigenvalue weighted by Crippen LogP contribution is 2.33. The van der Waals surface area contributed by atoms with Gasteiger partial charge in [-0.2, -0.15) is 0 Å². The van der Waals surface area contributed by atoms with Crippen LogP contribution in [-0.2, 0) is 18.0 Å². The Hall–Kier alpha value is -0.860. The third-order valence-electron chi connectivity index (χ3n) is 4.89. The van der Waals surface area contributed by atoms with Crippen molar-refractivity contribution in [1.82, 2.24) is 5.32 Å². The molecule has 3 rings (SSSR count). The summed E-state index contributed by atoms with van der Waals surface area (Å²) in [6.07, 6.45) is 8.46. The van der Waals surface area contributed by atoms with E-state index in [4.69, 9.17) is 4.74 Å². The molecule has 1 heterocycles. The Morgan fingerprint density at radius 3 is 2.75 bits per heavy atom. The molecular formula is C18H27NO. The Labute approximate surface area is 122 Å². The van der Waals surface area contributed by atoms with Gasteiger partial charge in [-0.25, -0.2) is 0 Å². The van der Waals surface area contributed by atoms with Gasteiger partial charge in [-0.3, -0.25) is 0 Å². The van der Waals surface area contributed by atoms with E-state index in [0.29, 0.717) is 6.04 Å². The highest BCUT2D eigenvalue weighted by atomic mass is 16.5. The summed E-state index contributed by atoms with van der Waals surface area (Å²) in [5.74, 6) is 0.914. The summed E-state index contributed by atoms with van der Waals surface area (Å²) in [7, 11) is 0. The van der Waals surface area contributed by atoms with Crippen LogP contribution in [0.15, 0.2) is 18.2 Å². The molecule has 0 saturated heterocycles. The lowest BCUT2D eigenvalue weighted by Gasteiger charge is -2.27. The van der Waals surface area contributed by atoms with E-state index in [1.54, 1.807) is 0 Å². The highest BCUT2D eigenvalue weighted by Gasteiger charge is 2.21. The zero-order valence-electron chi connectivity index (χ0n) is 12.7. The largest absolute Gasteiger partial charge is 0.372 e. The van der Waals surface area contributed by atoms with Crippen LogP contribution in [0.25, 0.3) is 0 Å². The van der Waals surface area contributed by atoms with Crippen molar-refractivity contribution < 1.29 is 4.74 Å². The van der Waals surface area contributed by atoms with Crippen LogP contribution in [0.2, 0.25) is 0 Å². The highest BCUT2D eigenvalue weighted by molar-refractivity contribution is 5.34. The van der Waals surface area contributed by atoms with E-state index in [9.17, 15) is 0 Å². The number of rotatable bonds is 5. The molecule has 2 heteroatoms. The third kappa shape index (κ3) is 3.24. The van der Waals surface area contributed by atoms with Gasteiger partial charge in [0.05, 0.1) is 13.2 Å². The standard InChI is InChI=1S/C18H27NO/c1-2-19-18(10-14-6-4-3-5-7-14)15-8-9-16-12-20-13-17(16)11-15/h8-9,11,14,18-19H,2-7,10,12-13H2,1H3. The van der Waals surface area contributed by atoms with Gasteiger partial charge in [0.25, 0.3) is 0 Å². The van der Waals surface area contributed by atoms with Gasteiger partial charge in [-0.1, -0.05) is 57.2 Å². The van der Waals surface area contributed by atoms with Crippen molar-refractivity contribution in [1.29, 1.82) is 0 Å². The molecule has 1 aromatic carbocycles. The van der Waals surface area contributed by atoms with Crippen molar-refractivity contribution in [3.63, 3.8) is 0 Å². The first-order valence-electron chi connectivity index (χ1n) is 8.29. The minimum Gasteiger partial charge on any atom is -0.372 e. The van der Waals surface area contributed by atoms with Gasteiger partial charge in [-0.05, 0) is 35.6 Å². The molecule has 20 heavy (non-hydrogen) atoms. The zero-order valence-corrected chi connectivity index (χ0v) is 12.7. The summed E-state index contributed by atoms with van der Waals surface area (Å²) in [5.41, 5.74) is 4.23. The van der Waals surface area contributed by atoms with Crippen LogP contribution in [0.5, 0.6) is 0 Å². The molecule has 1 fully saturated rings. The Morgan fingerprint density at radius 1 is 1.15 bits per heavy atom. The van der Waals surface area contributed by atoms with Crippen LogP contribution >= 0.6 is 0 Å². The molecule has 0 radical (unpaired) electrons. The van der Waals surface area contributed by atoms with Crippen molar-refractivity contribution in [3.05, 3.63) is 34.9 Å². The van der Waals surface area contributed by atoms with Crippen LogP contribution in [0.4, 0.5) is 0 Å².